The number of carbonyl (C=O) groups is 1. The van der Waals surface area contributed by atoms with Crippen LogP contribution in [0.2, 0.25) is 0 Å². The van der Waals surface area contributed by atoms with Gasteiger partial charge in [0, 0.05) is 32.7 Å². The van der Waals surface area contributed by atoms with E-state index in [0.717, 1.165) is 0 Å². The molecule has 0 amide bonds. The fourth-order valence-corrected chi connectivity index (χ4v) is 0. The third-order valence-corrected chi connectivity index (χ3v) is 0. The van der Waals surface area contributed by atoms with Crippen LogP contribution in [0.25, 0.3) is 0 Å². The molecular formula is C3H6O2WY. The summed E-state index contributed by atoms with van der Waals surface area (Å²) in [6.07, 6.45) is 0. The van der Waals surface area contributed by atoms with Gasteiger partial charge < -0.3 is 12.5 Å². The van der Waals surface area contributed by atoms with Crippen molar-refractivity contribution in [1.82, 2.24) is 0 Å². The van der Waals surface area contributed by atoms with Crippen LogP contribution in [-0.2, 0) is 58.6 Å². The van der Waals surface area contributed by atoms with E-state index in [1.165, 1.54) is 0 Å². The van der Waals surface area contributed by atoms with Gasteiger partial charge in [-0.1, -0.05) is 0 Å². The quantitative estimate of drug-likeness (QED) is 0.643. The first-order valence-electron chi connectivity index (χ1n) is 0.781. The molecule has 0 spiro atoms. The van der Waals surface area contributed by atoms with Crippen LogP contribution >= 0.6 is 0 Å². The Kier molecular flexibility index (Phi) is 54.4. The molecule has 0 fully saturated rings. The maximum absolute atomic E-state index is 8.89. The SMILES string of the molecule is [CH2-]C(=O)O.[CH3-].[W+2].[Y]. The van der Waals surface area contributed by atoms with Crippen molar-refractivity contribution in [3.8, 4) is 0 Å². The second-order valence-electron chi connectivity index (χ2n) is 0.394. The van der Waals surface area contributed by atoms with Gasteiger partial charge in [-0.3, -0.25) is 11.7 Å². The zero-order chi connectivity index (χ0) is 3.58. The summed E-state index contributed by atoms with van der Waals surface area (Å²) in [5.41, 5.74) is 0. The summed E-state index contributed by atoms with van der Waals surface area (Å²) in [7, 11) is 0. The maximum atomic E-state index is 8.89. The third kappa shape index (κ3) is 147. The van der Waals surface area contributed by atoms with E-state index in [4.69, 9.17) is 9.90 Å². The minimum absolute atomic E-state index is 0. The zero-order valence-electron chi connectivity index (χ0n) is 4.05. The molecule has 0 bridgehead atoms. The summed E-state index contributed by atoms with van der Waals surface area (Å²) in [4.78, 5) is 8.89. The molecule has 0 atom stereocenters. The van der Waals surface area contributed by atoms with Crippen LogP contribution in [0.5, 0.6) is 0 Å². The van der Waals surface area contributed by atoms with Crippen LogP contribution in [0.3, 0.4) is 0 Å². The molecule has 2 nitrogen and oxygen atoms in total. The van der Waals surface area contributed by atoms with E-state index in [9.17, 15) is 0 Å². The van der Waals surface area contributed by atoms with Crippen molar-refractivity contribution in [1.29, 1.82) is 0 Å². The Morgan fingerprint density at radius 2 is 1.57 bits per heavy atom. The average molecular weight is 347 g/mol. The average Bonchev–Trinajstić information content (AvgIpc) is 0.811. The molecule has 0 saturated carbocycles. The van der Waals surface area contributed by atoms with Gasteiger partial charge in [0.2, 0.25) is 0 Å². The van der Waals surface area contributed by atoms with Gasteiger partial charge in [-0.15, -0.1) is 0 Å². The third-order valence-electron chi connectivity index (χ3n) is 0. The molecule has 0 aromatic carbocycles. The Labute approximate surface area is 83.2 Å². The summed E-state index contributed by atoms with van der Waals surface area (Å²) in [5, 5.41) is 7.31. The van der Waals surface area contributed by atoms with E-state index in [1.807, 2.05) is 0 Å². The van der Waals surface area contributed by atoms with Gasteiger partial charge in [0.05, 0.1) is 0 Å². The van der Waals surface area contributed by atoms with E-state index in [0.29, 0.717) is 0 Å². The Morgan fingerprint density at radius 3 is 1.57 bits per heavy atom. The summed E-state index contributed by atoms with van der Waals surface area (Å²) in [5.74, 6) is -1.08. The van der Waals surface area contributed by atoms with Crippen LogP contribution in [0.1, 0.15) is 0 Å². The number of carboxylic acid groups (broad SMARTS) is 1. The fraction of sp³-hybridized carbons (Fsp3) is 0. The molecule has 0 saturated heterocycles. The topological polar surface area (TPSA) is 37.3 Å². The van der Waals surface area contributed by atoms with Crippen molar-refractivity contribution in [3.63, 3.8) is 0 Å². The van der Waals surface area contributed by atoms with Gasteiger partial charge in [0.15, 0.2) is 5.97 Å². The molecule has 1 radical (unpaired) electrons. The molecule has 39 valence electrons. The van der Waals surface area contributed by atoms with E-state index in [2.05, 4.69) is 6.92 Å². The second kappa shape index (κ2) is 15.7. The summed E-state index contributed by atoms with van der Waals surface area (Å²) in [6.45, 7) is 2.56. The largest absolute Gasteiger partial charge is 2.00 e. The second-order valence-corrected chi connectivity index (χ2v) is 0.394. The van der Waals surface area contributed by atoms with Crippen molar-refractivity contribution in [2.45, 2.75) is 0 Å². The number of aliphatic carboxylic acids is 1. The normalized spacial score (nSPS) is 3.43. The first-order chi connectivity index (χ1) is 1.73. The number of rotatable bonds is 0. The van der Waals surface area contributed by atoms with Gasteiger partial charge in [-0.2, -0.15) is 0 Å². The minimum Gasteiger partial charge on any atom is -0.503 e. The van der Waals surface area contributed by atoms with Crippen LogP contribution in [0, 0.1) is 14.4 Å². The fourth-order valence-electron chi connectivity index (χ4n) is 0. The van der Waals surface area contributed by atoms with Crippen LogP contribution in [-0.4, -0.2) is 11.1 Å². The smallest absolute Gasteiger partial charge is 0.503 e. The van der Waals surface area contributed by atoms with Gasteiger partial charge in [-0.25, -0.2) is 0 Å². The van der Waals surface area contributed by atoms with Crippen molar-refractivity contribution in [3.05, 3.63) is 14.4 Å². The van der Waals surface area contributed by atoms with E-state index in [1.54, 1.807) is 0 Å². The van der Waals surface area contributed by atoms with Gasteiger partial charge in [0.1, 0.15) is 0 Å². The van der Waals surface area contributed by atoms with E-state index in [-0.39, 0.29) is 61.2 Å². The van der Waals surface area contributed by atoms with Gasteiger partial charge in [0.25, 0.3) is 0 Å². The summed E-state index contributed by atoms with van der Waals surface area (Å²) < 4.78 is 0. The number of hydrogen-bond acceptors (Lipinski definition) is 1. The molecule has 0 unspecified atom stereocenters. The number of hydrogen-bond donors (Lipinski definition) is 1. The van der Waals surface area contributed by atoms with Crippen molar-refractivity contribution < 1.29 is 63.7 Å². The monoisotopic (exact) mass is 347 g/mol. The molecule has 0 aliphatic carbocycles. The van der Waals surface area contributed by atoms with Gasteiger partial charge in [-0.05, 0) is 0 Å². The predicted molar refractivity (Wildman–Crippen MR) is 19.4 cm³/mol. The van der Waals surface area contributed by atoms with Crippen molar-refractivity contribution in [2.75, 3.05) is 0 Å². The van der Waals surface area contributed by atoms with Crippen LogP contribution in [0.4, 0.5) is 0 Å². The molecule has 0 rings (SSSR count). The Balaban J connectivity index is -0.0000000150. The first kappa shape index (κ1) is 24.2. The molecule has 0 heterocycles. The van der Waals surface area contributed by atoms with Gasteiger partial charge >= 0.3 is 21.1 Å². The van der Waals surface area contributed by atoms with Crippen LogP contribution in [0.15, 0.2) is 0 Å². The predicted octanol–water partition coefficient (Wildman–Crippen LogP) is 0.350. The molecule has 0 aliphatic heterocycles. The van der Waals surface area contributed by atoms with E-state index >= 15 is 0 Å². The van der Waals surface area contributed by atoms with E-state index < -0.39 is 5.97 Å². The molecule has 7 heavy (non-hydrogen) atoms. The molecule has 1 N–H and O–H groups in total. The molecule has 0 aromatic heterocycles. The first-order valence-corrected chi connectivity index (χ1v) is 0.781. The number of carboxylic acids is 1. The molecule has 4 heteroatoms. The molecule has 0 aliphatic rings. The summed E-state index contributed by atoms with van der Waals surface area (Å²) in [6, 6.07) is 0. The zero-order valence-corrected chi connectivity index (χ0v) is 9.82. The molecule has 0 aromatic rings. The summed E-state index contributed by atoms with van der Waals surface area (Å²) >= 11 is 0. The Bertz CT molecular complexity index is 35.9. The molecular weight excluding hydrogens is 341 g/mol. The maximum Gasteiger partial charge on any atom is 2.00 e. The minimum atomic E-state index is -1.08. The van der Waals surface area contributed by atoms with Crippen molar-refractivity contribution in [2.24, 2.45) is 0 Å². The standard InChI is InChI=1S/C2H3O2.CH3.W.Y/c1-2(3)4;;;/h1H2,(H,3,4);1H3;;/q2*-1;+2;. The van der Waals surface area contributed by atoms with Crippen LogP contribution < -0.4 is 0 Å². The Hall–Kier alpha value is 1.13. The van der Waals surface area contributed by atoms with Crippen molar-refractivity contribution >= 4 is 5.97 Å². The Morgan fingerprint density at radius 1 is 1.57 bits per heavy atom.